The van der Waals surface area contributed by atoms with Crippen LogP contribution in [-0.4, -0.2) is 41.2 Å². The van der Waals surface area contributed by atoms with Crippen molar-refractivity contribution < 1.29 is 29.0 Å². The molecule has 0 atom stereocenters. The number of benzene rings is 2. The average Bonchev–Trinajstić information content (AvgIpc) is 2.74. The molecule has 2 N–H and O–H groups in total. The Morgan fingerprint density at radius 2 is 1.72 bits per heavy atom. The van der Waals surface area contributed by atoms with E-state index in [0.29, 0.717) is 40.4 Å². The molecule has 1 aliphatic rings. The molecule has 0 aromatic heterocycles. The molecule has 2 aromatic carbocycles. The van der Waals surface area contributed by atoms with E-state index in [1.165, 1.54) is 30.3 Å². The highest BCUT2D eigenvalue weighted by atomic mass is 79.9. The van der Waals surface area contributed by atoms with Crippen LogP contribution in [0, 0.1) is 0 Å². The number of rotatable bonds is 7. The Hall–Kier alpha value is -3.24. The van der Waals surface area contributed by atoms with Crippen LogP contribution in [0.5, 0.6) is 11.5 Å². The van der Waals surface area contributed by atoms with Gasteiger partial charge in [-0.2, -0.15) is 0 Å². The maximum Gasteiger partial charge on any atom is 0.335 e. The van der Waals surface area contributed by atoms with Gasteiger partial charge in [0.05, 0.1) is 24.5 Å². The highest BCUT2D eigenvalue weighted by molar-refractivity contribution is 9.10. The number of hydrogen-bond acceptors (Lipinski definition) is 6. The molecular formula is C22H19BrN2O6S. The minimum atomic E-state index is -1.09. The molecular weight excluding hydrogens is 500 g/mol. The van der Waals surface area contributed by atoms with Gasteiger partial charge in [-0.1, -0.05) is 15.9 Å². The predicted molar refractivity (Wildman–Crippen MR) is 126 cm³/mol. The fourth-order valence-electron chi connectivity index (χ4n) is 3.00. The number of amides is 2. The van der Waals surface area contributed by atoms with Crippen LogP contribution >= 0.6 is 28.1 Å². The topological polar surface area (TPSA) is 105 Å². The largest absolute Gasteiger partial charge is 0.490 e. The normalized spacial score (nSPS) is 15.0. The number of hydrogen-bond donors (Lipinski definition) is 2. The lowest BCUT2D eigenvalue weighted by molar-refractivity contribution is -0.122. The van der Waals surface area contributed by atoms with Crippen LogP contribution in [0.25, 0.3) is 6.08 Å². The first-order chi connectivity index (χ1) is 15.3. The lowest BCUT2D eigenvalue weighted by Crippen LogP contribution is -2.54. The van der Waals surface area contributed by atoms with Gasteiger partial charge in [-0.05, 0) is 74.1 Å². The van der Waals surface area contributed by atoms with Crippen LogP contribution in [-0.2, 0) is 9.59 Å². The molecule has 1 heterocycles. The van der Waals surface area contributed by atoms with Crippen LogP contribution in [0.4, 0.5) is 5.69 Å². The maximum absolute atomic E-state index is 13.2. The molecule has 0 saturated carbocycles. The van der Waals surface area contributed by atoms with E-state index in [0.717, 1.165) is 4.90 Å². The molecule has 0 bridgehead atoms. The number of ether oxygens (including phenoxy) is 2. The lowest BCUT2D eigenvalue weighted by atomic mass is 10.1. The van der Waals surface area contributed by atoms with Gasteiger partial charge in [-0.25, -0.2) is 4.79 Å². The Morgan fingerprint density at radius 1 is 1.12 bits per heavy atom. The number of anilines is 1. The van der Waals surface area contributed by atoms with Gasteiger partial charge >= 0.3 is 5.97 Å². The Labute approximate surface area is 197 Å². The number of aromatic carboxylic acids is 1. The Kier molecular flexibility index (Phi) is 7.26. The van der Waals surface area contributed by atoms with E-state index in [9.17, 15) is 14.4 Å². The lowest BCUT2D eigenvalue weighted by Gasteiger charge is -2.29. The zero-order valence-corrected chi connectivity index (χ0v) is 19.6. The molecule has 0 spiro atoms. The van der Waals surface area contributed by atoms with Crippen LogP contribution in [0.15, 0.2) is 46.4 Å². The summed E-state index contributed by atoms with van der Waals surface area (Å²) < 4.78 is 11.8. The molecule has 1 fully saturated rings. The molecule has 1 saturated heterocycles. The van der Waals surface area contributed by atoms with Gasteiger partial charge < -0.3 is 14.6 Å². The molecule has 0 radical (unpaired) electrons. The van der Waals surface area contributed by atoms with Gasteiger partial charge in [0.25, 0.3) is 11.8 Å². The fraction of sp³-hybridized carbons (Fsp3) is 0.182. The quantitative estimate of drug-likeness (QED) is 0.326. The molecule has 8 nitrogen and oxygen atoms in total. The Morgan fingerprint density at radius 3 is 2.28 bits per heavy atom. The van der Waals surface area contributed by atoms with Gasteiger partial charge in [0.1, 0.15) is 5.57 Å². The van der Waals surface area contributed by atoms with Crippen molar-refractivity contribution in [1.29, 1.82) is 0 Å². The first-order valence-corrected chi connectivity index (χ1v) is 10.8. The summed E-state index contributed by atoms with van der Waals surface area (Å²) in [5, 5.41) is 11.5. The summed E-state index contributed by atoms with van der Waals surface area (Å²) in [7, 11) is 0. The fourth-order valence-corrected chi connectivity index (χ4v) is 3.72. The number of nitrogens with one attached hydrogen (secondary N) is 1. The number of carboxylic acids is 1. The first-order valence-electron chi connectivity index (χ1n) is 9.60. The average molecular weight is 519 g/mol. The molecule has 1 aliphatic heterocycles. The smallest absolute Gasteiger partial charge is 0.335 e. The number of carboxylic acid groups (broad SMARTS) is 1. The van der Waals surface area contributed by atoms with Crippen molar-refractivity contribution in [2.75, 3.05) is 18.1 Å². The second-order valence-corrected chi connectivity index (χ2v) is 7.74. The van der Waals surface area contributed by atoms with Crippen molar-refractivity contribution in [3.63, 3.8) is 0 Å². The van der Waals surface area contributed by atoms with E-state index >= 15 is 0 Å². The second-order valence-electron chi connectivity index (χ2n) is 6.50. The van der Waals surface area contributed by atoms with Crippen molar-refractivity contribution >= 4 is 62.8 Å². The van der Waals surface area contributed by atoms with Crippen molar-refractivity contribution in [3.05, 3.63) is 57.6 Å². The van der Waals surface area contributed by atoms with Gasteiger partial charge in [0.15, 0.2) is 16.6 Å². The van der Waals surface area contributed by atoms with E-state index in [4.69, 9.17) is 26.8 Å². The summed E-state index contributed by atoms with van der Waals surface area (Å²) in [6.45, 7) is 4.54. The first kappa shape index (κ1) is 23.4. The third kappa shape index (κ3) is 4.81. The summed E-state index contributed by atoms with van der Waals surface area (Å²) in [6.07, 6.45) is 1.43. The van der Waals surface area contributed by atoms with E-state index in [2.05, 4.69) is 21.2 Å². The second kappa shape index (κ2) is 9.92. The molecule has 166 valence electrons. The van der Waals surface area contributed by atoms with Crippen molar-refractivity contribution in [2.24, 2.45) is 0 Å². The minimum absolute atomic E-state index is 0.0608. The molecule has 2 amide bonds. The van der Waals surface area contributed by atoms with E-state index in [-0.39, 0.29) is 16.2 Å². The van der Waals surface area contributed by atoms with Crippen molar-refractivity contribution in [1.82, 2.24) is 5.32 Å². The zero-order chi connectivity index (χ0) is 23.4. The van der Waals surface area contributed by atoms with Crippen LogP contribution in [0.1, 0.15) is 29.8 Å². The van der Waals surface area contributed by atoms with Crippen LogP contribution in [0.3, 0.4) is 0 Å². The Bertz CT molecular complexity index is 1130. The molecule has 2 aromatic rings. The number of halogens is 1. The highest BCUT2D eigenvalue weighted by Crippen LogP contribution is 2.35. The Balaban J connectivity index is 2.02. The van der Waals surface area contributed by atoms with E-state index in [1.807, 2.05) is 13.8 Å². The summed E-state index contributed by atoms with van der Waals surface area (Å²) in [4.78, 5) is 38.0. The SMILES string of the molecule is CCOc1cc(Br)c(/C=C2\C(=O)NC(=S)N(c3ccc(C(=O)O)cc3)C2=O)cc1OCC. The van der Waals surface area contributed by atoms with Crippen LogP contribution in [0.2, 0.25) is 0 Å². The van der Waals surface area contributed by atoms with E-state index in [1.54, 1.807) is 12.1 Å². The monoisotopic (exact) mass is 518 g/mol. The number of carbonyl (C=O) groups excluding carboxylic acids is 2. The highest BCUT2D eigenvalue weighted by Gasteiger charge is 2.34. The third-order valence-corrected chi connectivity index (χ3v) is 5.41. The number of carbonyl (C=O) groups is 3. The van der Waals surface area contributed by atoms with Gasteiger partial charge in [0, 0.05) is 4.47 Å². The summed E-state index contributed by atoms with van der Waals surface area (Å²) in [5.41, 5.74) is 0.778. The zero-order valence-electron chi connectivity index (χ0n) is 17.2. The predicted octanol–water partition coefficient (Wildman–Crippen LogP) is 3.78. The molecule has 0 aliphatic carbocycles. The molecule has 3 rings (SSSR count). The number of nitrogens with zero attached hydrogens (tertiary/aromatic N) is 1. The number of thiocarbonyl (C=S) groups is 1. The molecule has 10 heteroatoms. The standard InChI is InChI=1S/C22H19BrN2O6S/c1-3-30-17-10-13(16(23)11-18(17)31-4-2)9-15-19(26)24-22(32)25(20(15)27)14-7-5-12(6-8-14)21(28)29/h5-11H,3-4H2,1-2H3,(H,28,29)(H,24,26,32)/b15-9+. The molecule has 0 unspecified atom stereocenters. The van der Waals surface area contributed by atoms with Gasteiger partial charge in [0.2, 0.25) is 0 Å². The van der Waals surface area contributed by atoms with Crippen molar-refractivity contribution in [3.8, 4) is 11.5 Å². The molecule has 32 heavy (non-hydrogen) atoms. The summed E-state index contributed by atoms with van der Waals surface area (Å²) in [6, 6.07) is 8.98. The minimum Gasteiger partial charge on any atom is -0.490 e. The third-order valence-electron chi connectivity index (χ3n) is 4.44. The summed E-state index contributed by atoms with van der Waals surface area (Å²) >= 11 is 8.62. The van der Waals surface area contributed by atoms with Gasteiger partial charge in [-0.15, -0.1) is 0 Å². The summed E-state index contributed by atoms with van der Waals surface area (Å²) in [5.74, 6) is -1.37. The van der Waals surface area contributed by atoms with Crippen LogP contribution < -0.4 is 19.7 Å². The van der Waals surface area contributed by atoms with Crippen molar-refractivity contribution in [2.45, 2.75) is 13.8 Å². The maximum atomic E-state index is 13.2. The van der Waals surface area contributed by atoms with Gasteiger partial charge in [-0.3, -0.25) is 19.8 Å². The van der Waals surface area contributed by atoms with E-state index < -0.39 is 17.8 Å².